The molecule has 0 atom stereocenters. The van der Waals surface area contributed by atoms with Crippen molar-refractivity contribution < 1.29 is 23.1 Å². The minimum absolute atomic E-state index is 0.00447. The van der Waals surface area contributed by atoms with Gasteiger partial charge in [-0.3, -0.25) is 0 Å². The molecular weight excluding hydrogens is 239 g/mol. The molecule has 1 aromatic heterocycles. The van der Waals surface area contributed by atoms with Crippen molar-refractivity contribution in [3.05, 3.63) is 11.4 Å². The maximum absolute atomic E-state index is 12.2. The molecule has 0 aromatic carbocycles. The third-order valence-corrected chi connectivity index (χ3v) is 1.97. The van der Waals surface area contributed by atoms with Gasteiger partial charge in [-0.15, -0.1) is 5.10 Å². The molecule has 1 N–H and O–H groups in total. The first-order valence-electron chi connectivity index (χ1n) is 4.93. The number of nitrogens with zero attached hydrogens (tertiary/aromatic N) is 3. The molecule has 0 unspecified atom stereocenters. The molecule has 0 aliphatic carbocycles. The van der Waals surface area contributed by atoms with Gasteiger partial charge in [0.1, 0.15) is 6.54 Å². The number of alkyl halides is 3. The van der Waals surface area contributed by atoms with Crippen LogP contribution in [0.5, 0.6) is 0 Å². The van der Waals surface area contributed by atoms with E-state index in [0.717, 1.165) is 0 Å². The van der Waals surface area contributed by atoms with E-state index in [1.165, 1.54) is 0 Å². The van der Waals surface area contributed by atoms with Crippen molar-refractivity contribution in [2.45, 2.75) is 33.0 Å². The van der Waals surface area contributed by atoms with Crippen LogP contribution in [0.15, 0.2) is 0 Å². The Morgan fingerprint density at radius 3 is 2.47 bits per heavy atom. The molecule has 8 heteroatoms. The summed E-state index contributed by atoms with van der Waals surface area (Å²) in [6.45, 7) is 2.22. The normalized spacial score (nSPS) is 12.1. The molecule has 1 heterocycles. The number of hydrogen-bond donors (Lipinski definition) is 1. The molecule has 1 aromatic rings. The largest absolute Gasteiger partial charge is 0.476 e. The summed E-state index contributed by atoms with van der Waals surface area (Å²) in [7, 11) is 0. The fourth-order valence-corrected chi connectivity index (χ4v) is 1.38. The summed E-state index contributed by atoms with van der Waals surface area (Å²) in [5, 5.41) is 15.3. The summed E-state index contributed by atoms with van der Waals surface area (Å²) in [4.78, 5) is 10.8. The fourth-order valence-electron chi connectivity index (χ4n) is 1.38. The quantitative estimate of drug-likeness (QED) is 0.884. The van der Waals surface area contributed by atoms with Crippen LogP contribution in [0, 0.1) is 5.92 Å². The molecule has 0 aliphatic rings. The van der Waals surface area contributed by atoms with Crippen LogP contribution in [-0.2, 0) is 13.0 Å². The maximum atomic E-state index is 12.2. The van der Waals surface area contributed by atoms with Gasteiger partial charge >= 0.3 is 12.1 Å². The van der Waals surface area contributed by atoms with Gasteiger partial charge in [-0.25, -0.2) is 9.48 Å². The van der Waals surface area contributed by atoms with Gasteiger partial charge in [-0.1, -0.05) is 19.1 Å². The van der Waals surface area contributed by atoms with Crippen molar-refractivity contribution in [2.75, 3.05) is 0 Å². The maximum Gasteiger partial charge on any atom is 0.408 e. The number of carboxylic acids is 1. The highest BCUT2D eigenvalue weighted by molar-refractivity contribution is 5.86. The van der Waals surface area contributed by atoms with E-state index in [-0.39, 0.29) is 18.0 Å². The predicted octanol–water partition coefficient (Wildman–Crippen LogP) is 1.74. The van der Waals surface area contributed by atoms with E-state index in [4.69, 9.17) is 5.11 Å². The topological polar surface area (TPSA) is 68.0 Å². The second kappa shape index (κ2) is 4.72. The molecule has 0 spiro atoms. The molecule has 0 saturated heterocycles. The average Bonchev–Trinajstić information content (AvgIpc) is 2.45. The average molecular weight is 251 g/mol. The predicted molar refractivity (Wildman–Crippen MR) is 51.6 cm³/mol. The minimum Gasteiger partial charge on any atom is -0.476 e. The van der Waals surface area contributed by atoms with Crippen LogP contribution in [0.3, 0.4) is 0 Å². The molecule has 0 bridgehead atoms. The molecule has 5 nitrogen and oxygen atoms in total. The highest BCUT2D eigenvalue weighted by atomic mass is 19.4. The number of carboxylic acid groups (broad SMARTS) is 1. The standard InChI is InChI=1S/C9H12F3N3O2/c1-5(2)3-6-7(8(16)17)13-14-15(6)4-9(10,11)12/h5H,3-4H2,1-2H3,(H,16,17). The SMILES string of the molecule is CC(C)Cc1c(C(=O)O)nnn1CC(F)(F)F. The van der Waals surface area contributed by atoms with Crippen LogP contribution in [0.4, 0.5) is 13.2 Å². The lowest BCUT2D eigenvalue weighted by Crippen LogP contribution is -2.21. The Morgan fingerprint density at radius 1 is 1.47 bits per heavy atom. The second-order valence-electron chi connectivity index (χ2n) is 4.06. The first kappa shape index (κ1) is 13.5. The van der Waals surface area contributed by atoms with Gasteiger partial charge in [-0.05, 0) is 12.3 Å². The minimum atomic E-state index is -4.45. The fraction of sp³-hybridized carbons (Fsp3) is 0.667. The van der Waals surface area contributed by atoms with Crippen molar-refractivity contribution in [3.8, 4) is 0 Å². The molecule has 0 radical (unpaired) electrons. The smallest absolute Gasteiger partial charge is 0.408 e. The van der Waals surface area contributed by atoms with Crippen molar-refractivity contribution in [1.29, 1.82) is 0 Å². The van der Waals surface area contributed by atoms with E-state index >= 15 is 0 Å². The van der Waals surface area contributed by atoms with Crippen LogP contribution in [0.2, 0.25) is 0 Å². The summed E-state index contributed by atoms with van der Waals surface area (Å²) >= 11 is 0. The first-order valence-corrected chi connectivity index (χ1v) is 4.93. The van der Waals surface area contributed by atoms with Crippen molar-refractivity contribution in [2.24, 2.45) is 5.92 Å². The van der Waals surface area contributed by atoms with Gasteiger partial charge in [0, 0.05) is 0 Å². The molecule has 0 aliphatic heterocycles. The molecule has 0 saturated carbocycles. The van der Waals surface area contributed by atoms with Gasteiger partial charge in [0.25, 0.3) is 0 Å². The van der Waals surface area contributed by atoms with Gasteiger partial charge in [0.2, 0.25) is 0 Å². The Hall–Kier alpha value is -1.60. The Balaban J connectivity index is 3.09. The number of rotatable bonds is 4. The van der Waals surface area contributed by atoms with Gasteiger partial charge in [0.05, 0.1) is 5.69 Å². The summed E-state index contributed by atoms with van der Waals surface area (Å²) in [6.07, 6.45) is -4.26. The second-order valence-corrected chi connectivity index (χ2v) is 4.06. The van der Waals surface area contributed by atoms with Crippen molar-refractivity contribution in [1.82, 2.24) is 15.0 Å². The number of halogens is 3. The van der Waals surface area contributed by atoms with Gasteiger partial charge in [0.15, 0.2) is 5.69 Å². The Bertz CT molecular complexity index is 412. The molecule has 96 valence electrons. The molecular formula is C9H12F3N3O2. The van der Waals surface area contributed by atoms with E-state index in [1.54, 1.807) is 13.8 Å². The van der Waals surface area contributed by atoms with Crippen LogP contribution in [-0.4, -0.2) is 32.2 Å². The van der Waals surface area contributed by atoms with Crippen molar-refractivity contribution >= 4 is 5.97 Å². The summed E-state index contributed by atoms with van der Waals surface area (Å²) < 4.78 is 37.3. The van der Waals surface area contributed by atoms with E-state index in [1.807, 2.05) is 0 Å². The lowest BCUT2D eigenvalue weighted by molar-refractivity contribution is -0.143. The highest BCUT2D eigenvalue weighted by Gasteiger charge is 2.31. The zero-order valence-electron chi connectivity index (χ0n) is 9.32. The zero-order chi connectivity index (χ0) is 13.2. The van der Waals surface area contributed by atoms with E-state index < -0.39 is 24.4 Å². The van der Waals surface area contributed by atoms with Crippen LogP contribution in [0.25, 0.3) is 0 Å². The van der Waals surface area contributed by atoms with Gasteiger partial charge in [-0.2, -0.15) is 13.2 Å². The number of aromatic carboxylic acids is 1. The highest BCUT2D eigenvalue weighted by Crippen LogP contribution is 2.20. The monoisotopic (exact) mass is 251 g/mol. The number of hydrogen-bond acceptors (Lipinski definition) is 3. The van der Waals surface area contributed by atoms with Crippen LogP contribution >= 0.6 is 0 Å². The summed E-state index contributed by atoms with van der Waals surface area (Å²) in [5.74, 6) is -1.35. The van der Waals surface area contributed by atoms with Gasteiger partial charge < -0.3 is 5.11 Å². The Kier molecular flexibility index (Phi) is 3.74. The van der Waals surface area contributed by atoms with Crippen molar-refractivity contribution in [3.63, 3.8) is 0 Å². The van der Waals surface area contributed by atoms with Crippen LogP contribution in [0.1, 0.15) is 30.0 Å². The lowest BCUT2D eigenvalue weighted by Gasteiger charge is -2.11. The third kappa shape index (κ3) is 3.72. The Labute approximate surface area is 95.2 Å². The van der Waals surface area contributed by atoms with E-state index in [2.05, 4.69) is 10.3 Å². The molecule has 17 heavy (non-hydrogen) atoms. The van der Waals surface area contributed by atoms with E-state index in [9.17, 15) is 18.0 Å². The summed E-state index contributed by atoms with van der Waals surface area (Å²) in [5.41, 5.74) is -0.409. The third-order valence-electron chi connectivity index (χ3n) is 1.97. The number of carbonyl (C=O) groups is 1. The Morgan fingerprint density at radius 2 is 2.06 bits per heavy atom. The zero-order valence-corrected chi connectivity index (χ0v) is 9.32. The molecule has 0 fully saturated rings. The summed E-state index contributed by atoms with van der Waals surface area (Å²) in [6, 6.07) is 0. The van der Waals surface area contributed by atoms with Crippen LogP contribution < -0.4 is 0 Å². The number of aromatic nitrogens is 3. The first-order chi connectivity index (χ1) is 7.70. The van der Waals surface area contributed by atoms with E-state index in [0.29, 0.717) is 4.68 Å². The lowest BCUT2D eigenvalue weighted by atomic mass is 10.1. The molecule has 1 rings (SSSR count). The molecule has 0 amide bonds.